The van der Waals surface area contributed by atoms with Gasteiger partial charge in [0.1, 0.15) is 0 Å². The lowest BCUT2D eigenvalue weighted by Gasteiger charge is -2.26. The third-order valence-corrected chi connectivity index (χ3v) is 4.03. The molecule has 0 saturated heterocycles. The third kappa shape index (κ3) is 4.59. The van der Waals surface area contributed by atoms with Gasteiger partial charge in [-0.3, -0.25) is 4.79 Å². The van der Waals surface area contributed by atoms with Crippen molar-refractivity contribution in [2.75, 3.05) is 29.4 Å². The van der Waals surface area contributed by atoms with Crippen LogP contribution in [0.5, 0.6) is 0 Å². The first-order valence-electron chi connectivity index (χ1n) is 8.32. The van der Waals surface area contributed by atoms with Gasteiger partial charge in [-0.1, -0.05) is 30.3 Å². The molecule has 0 N–H and O–H groups in total. The summed E-state index contributed by atoms with van der Waals surface area (Å²) >= 11 is 0. The van der Waals surface area contributed by atoms with Crippen LogP contribution >= 0.6 is 0 Å². The largest absolute Gasteiger partial charge is 0.371 e. The lowest BCUT2D eigenvalue weighted by Crippen LogP contribution is -2.34. The highest BCUT2D eigenvalue weighted by atomic mass is 16.2. The molecule has 23 heavy (non-hydrogen) atoms. The lowest BCUT2D eigenvalue weighted by atomic mass is 10.2. The van der Waals surface area contributed by atoms with E-state index in [0.717, 1.165) is 18.8 Å². The van der Waals surface area contributed by atoms with Gasteiger partial charge in [-0.2, -0.15) is 0 Å². The van der Waals surface area contributed by atoms with Crippen LogP contribution in [0.3, 0.4) is 0 Å². The van der Waals surface area contributed by atoms with Gasteiger partial charge in [0.25, 0.3) is 0 Å². The fourth-order valence-electron chi connectivity index (χ4n) is 2.77. The Morgan fingerprint density at radius 1 is 0.913 bits per heavy atom. The number of carbonyl (C=O) groups excluding carboxylic acids is 1. The Morgan fingerprint density at radius 3 is 2.22 bits per heavy atom. The SMILES string of the molecule is CCN(CCC(=O)N(CC)c1ccccc1)c1cccc(C)c1. The summed E-state index contributed by atoms with van der Waals surface area (Å²) in [5.74, 6) is 0.171. The molecule has 0 spiro atoms. The number of hydrogen-bond donors (Lipinski definition) is 0. The van der Waals surface area contributed by atoms with Gasteiger partial charge in [-0.25, -0.2) is 0 Å². The minimum atomic E-state index is 0.171. The molecule has 3 nitrogen and oxygen atoms in total. The Morgan fingerprint density at radius 2 is 1.61 bits per heavy atom. The van der Waals surface area contributed by atoms with E-state index in [1.54, 1.807) is 0 Å². The molecule has 0 heterocycles. The Hall–Kier alpha value is -2.29. The number of para-hydroxylation sites is 1. The van der Waals surface area contributed by atoms with Gasteiger partial charge < -0.3 is 9.80 Å². The number of carbonyl (C=O) groups is 1. The highest BCUT2D eigenvalue weighted by Gasteiger charge is 2.15. The van der Waals surface area contributed by atoms with Crippen LogP contribution in [0.15, 0.2) is 54.6 Å². The van der Waals surface area contributed by atoms with Crippen molar-refractivity contribution in [2.24, 2.45) is 0 Å². The second-order valence-corrected chi connectivity index (χ2v) is 5.64. The summed E-state index contributed by atoms with van der Waals surface area (Å²) in [6.45, 7) is 8.57. The number of nitrogens with zero attached hydrogens (tertiary/aromatic N) is 2. The molecule has 122 valence electrons. The predicted molar refractivity (Wildman–Crippen MR) is 98.2 cm³/mol. The van der Waals surface area contributed by atoms with E-state index in [1.807, 2.05) is 42.2 Å². The molecule has 1 amide bonds. The number of hydrogen-bond acceptors (Lipinski definition) is 2. The third-order valence-electron chi connectivity index (χ3n) is 4.03. The van der Waals surface area contributed by atoms with Crippen molar-refractivity contribution in [3.63, 3.8) is 0 Å². The zero-order valence-electron chi connectivity index (χ0n) is 14.3. The smallest absolute Gasteiger partial charge is 0.228 e. The van der Waals surface area contributed by atoms with Crippen LogP contribution < -0.4 is 9.80 Å². The first kappa shape index (κ1) is 17.1. The molecule has 0 aromatic heterocycles. The first-order valence-corrected chi connectivity index (χ1v) is 8.32. The van der Waals surface area contributed by atoms with Crippen LogP contribution in [0.1, 0.15) is 25.8 Å². The van der Waals surface area contributed by atoms with Gasteiger partial charge >= 0.3 is 0 Å². The van der Waals surface area contributed by atoms with Crippen molar-refractivity contribution in [1.82, 2.24) is 0 Å². The van der Waals surface area contributed by atoms with E-state index in [-0.39, 0.29) is 5.91 Å². The van der Waals surface area contributed by atoms with Crippen LogP contribution in [0.4, 0.5) is 11.4 Å². The summed E-state index contributed by atoms with van der Waals surface area (Å²) in [5, 5.41) is 0. The number of benzene rings is 2. The van der Waals surface area contributed by atoms with Gasteiger partial charge in [-0.05, 0) is 50.6 Å². The van der Waals surface area contributed by atoms with E-state index in [2.05, 4.69) is 43.0 Å². The Bertz CT molecular complexity index is 625. The zero-order valence-corrected chi connectivity index (χ0v) is 14.3. The molecule has 0 radical (unpaired) electrons. The molecule has 2 rings (SSSR count). The molecule has 0 bridgehead atoms. The molecular weight excluding hydrogens is 284 g/mol. The minimum Gasteiger partial charge on any atom is -0.371 e. The summed E-state index contributed by atoms with van der Waals surface area (Å²) in [4.78, 5) is 16.7. The maximum atomic E-state index is 12.6. The molecule has 0 aliphatic rings. The van der Waals surface area contributed by atoms with Crippen molar-refractivity contribution in [1.29, 1.82) is 0 Å². The fraction of sp³-hybridized carbons (Fsp3) is 0.350. The van der Waals surface area contributed by atoms with Crippen molar-refractivity contribution in [2.45, 2.75) is 27.2 Å². The van der Waals surface area contributed by atoms with E-state index in [4.69, 9.17) is 0 Å². The normalized spacial score (nSPS) is 10.4. The van der Waals surface area contributed by atoms with E-state index >= 15 is 0 Å². The molecule has 0 fully saturated rings. The second-order valence-electron chi connectivity index (χ2n) is 5.64. The van der Waals surface area contributed by atoms with E-state index in [9.17, 15) is 4.79 Å². The number of rotatable bonds is 7. The number of amides is 1. The summed E-state index contributed by atoms with van der Waals surface area (Å²) in [5.41, 5.74) is 3.40. The Labute approximate surface area is 139 Å². The van der Waals surface area contributed by atoms with Gasteiger partial charge in [0, 0.05) is 37.4 Å². The average Bonchev–Trinajstić information content (AvgIpc) is 2.57. The van der Waals surface area contributed by atoms with Crippen molar-refractivity contribution < 1.29 is 4.79 Å². The van der Waals surface area contributed by atoms with Crippen LogP contribution in [-0.4, -0.2) is 25.5 Å². The topological polar surface area (TPSA) is 23.6 Å². The summed E-state index contributed by atoms with van der Waals surface area (Å²) < 4.78 is 0. The fourth-order valence-corrected chi connectivity index (χ4v) is 2.77. The van der Waals surface area contributed by atoms with Crippen LogP contribution in [-0.2, 0) is 4.79 Å². The summed E-state index contributed by atoms with van der Waals surface area (Å²) in [6, 6.07) is 18.3. The molecule has 2 aromatic rings. The van der Waals surface area contributed by atoms with Gasteiger partial charge in [0.15, 0.2) is 0 Å². The minimum absolute atomic E-state index is 0.171. The second kappa shape index (κ2) is 8.37. The molecule has 0 saturated carbocycles. The maximum absolute atomic E-state index is 12.6. The number of aryl methyl sites for hydroxylation is 1. The van der Waals surface area contributed by atoms with Gasteiger partial charge in [0.2, 0.25) is 5.91 Å². The summed E-state index contributed by atoms with van der Waals surface area (Å²) in [7, 11) is 0. The molecule has 2 aromatic carbocycles. The average molecular weight is 310 g/mol. The molecule has 0 unspecified atom stereocenters. The van der Waals surface area contributed by atoms with Crippen LogP contribution in [0, 0.1) is 6.92 Å². The van der Waals surface area contributed by atoms with Crippen molar-refractivity contribution in [3.05, 3.63) is 60.2 Å². The quantitative estimate of drug-likeness (QED) is 0.762. The molecule has 0 atom stereocenters. The van der Waals surface area contributed by atoms with Crippen molar-refractivity contribution >= 4 is 17.3 Å². The van der Waals surface area contributed by atoms with Crippen LogP contribution in [0.25, 0.3) is 0 Å². The Balaban J connectivity index is 2.01. The van der Waals surface area contributed by atoms with Crippen LogP contribution in [0.2, 0.25) is 0 Å². The zero-order chi connectivity index (χ0) is 16.7. The van der Waals surface area contributed by atoms with E-state index in [0.29, 0.717) is 13.0 Å². The van der Waals surface area contributed by atoms with E-state index < -0.39 is 0 Å². The van der Waals surface area contributed by atoms with Gasteiger partial charge in [-0.15, -0.1) is 0 Å². The Kier molecular flexibility index (Phi) is 6.21. The molecule has 3 heteroatoms. The standard InChI is InChI=1S/C20H26N2O/c1-4-21(19-13-9-10-17(3)16-19)15-14-20(23)22(5-2)18-11-7-6-8-12-18/h6-13,16H,4-5,14-15H2,1-3H3. The number of anilines is 2. The highest BCUT2D eigenvalue weighted by molar-refractivity contribution is 5.93. The van der Waals surface area contributed by atoms with Crippen molar-refractivity contribution in [3.8, 4) is 0 Å². The monoisotopic (exact) mass is 310 g/mol. The van der Waals surface area contributed by atoms with Gasteiger partial charge in [0.05, 0.1) is 0 Å². The molecular formula is C20H26N2O. The molecule has 0 aliphatic heterocycles. The van der Waals surface area contributed by atoms with E-state index in [1.165, 1.54) is 11.3 Å². The highest BCUT2D eigenvalue weighted by Crippen LogP contribution is 2.18. The lowest BCUT2D eigenvalue weighted by molar-refractivity contribution is -0.118. The predicted octanol–water partition coefficient (Wildman–Crippen LogP) is 4.26. The summed E-state index contributed by atoms with van der Waals surface area (Å²) in [6.07, 6.45) is 0.518. The molecule has 0 aliphatic carbocycles. The first-order chi connectivity index (χ1) is 11.2. The maximum Gasteiger partial charge on any atom is 0.228 e.